The van der Waals surface area contributed by atoms with Gasteiger partial charge in [-0.05, 0) is 24.5 Å². The summed E-state index contributed by atoms with van der Waals surface area (Å²) in [4.78, 5) is 0.966. The predicted molar refractivity (Wildman–Crippen MR) is 51.7 cm³/mol. The molecule has 0 unspecified atom stereocenters. The van der Waals surface area contributed by atoms with Gasteiger partial charge in [0.05, 0.1) is 6.61 Å². The molecule has 0 bridgehead atoms. The molecule has 0 aromatic heterocycles. The van der Waals surface area contributed by atoms with Crippen molar-refractivity contribution in [3.8, 4) is 0 Å². The number of halogens is 1. The number of aliphatic hydroxyl groups is 1. The summed E-state index contributed by atoms with van der Waals surface area (Å²) >= 11 is 0. The van der Waals surface area contributed by atoms with Crippen molar-refractivity contribution in [3.63, 3.8) is 0 Å². The summed E-state index contributed by atoms with van der Waals surface area (Å²) in [7, 11) is 3.14. The van der Waals surface area contributed by atoms with Crippen LogP contribution in [0.3, 0.4) is 0 Å². The molecule has 0 fully saturated rings. The summed E-state index contributed by atoms with van der Waals surface area (Å²) in [6, 6.07) is 4.75. The van der Waals surface area contributed by atoms with Crippen molar-refractivity contribution >= 4 is 21.6 Å². The standard InChI is InChI=1S/C8H9FOS2/c1-11-12-7-2-3-8(9)6(4-7)5-10/h2-4,10H,5H2,1H3. The summed E-state index contributed by atoms with van der Waals surface area (Å²) in [5.74, 6) is -0.344. The molecule has 1 aromatic carbocycles. The molecule has 0 spiro atoms. The number of hydrogen-bond acceptors (Lipinski definition) is 3. The highest BCUT2D eigenvalue weighted by Crippen LogP contribution is 2.29. The largest absolute Gasteiger partial charge is 0.392 e. The van der Waals surface area contributed by atoms with Gasteiger partial charge in [-0.25, -0.2) is 4.39 Å². The van der Waals surface area contributed by atoms with Crippen molar-refractivity contribution in [2.24, 2.45) is 0 Å². The number of rotatable bonds is 3. The molecule has 4 heteroatoms. The molecule has 0 heterocycles. The normalized spacial score (nSPS) is 10.2. The molecular formula is C8H9FOS2. The maximum Gasteiger partial charge on any atom is 0.128 e. The number of hydrogen-bond donors (Lipinski definition) is 1. The van der Waals surface area contributed by atoms with E-state index in [-0.39, 0.29) is 12.4 Å². The van der Waals surface area contributed by atoms with Crippen LogP contribution in [-0.2, 0) is 6.61 Å². The molecule has 12 heavy (non-hydrogen) atoms. The molecule has 0 aliphatic heterocycles. The minimum Gasteiger partial charge on any atom is -0.392 e. The maximum atomic E-state index is 12.8. The Morgan fingerprint density at radius 1 is 1.50 bits per heavy atom. The molecule has 0 saturated carbocycles. The van der Waals surface area contributed by atoms with Crippen molar-refractivity contribution in [3.05, 3.63) is 29.6 Å². The van der Waals surface area contributed by atoms with Gasteiger partial charge in [-0.15, -0.1) is 0 Å². The van der Waals surface area contributed by atoms with Crippen LogP contribution in [0.4, 0.5) is 4.39 Å². The second kappa shape index (κ2) is 4.74. The Morgan fingerprint density at radius 2 is 2.25 bits per heavy atom. The van der Waals surface area contributed by atoms with Crippen LogP contribution in [0.25, 0.3) is 0 Å². The third-order valence-electron chi connectivity index (χ3n) is 1.37. The van der Waals surface area contributed by atoms with Crippen molar-refractivity contribution in [2.45, 2.75) is 11.5 Å². The van der Waals surface area contributed by atoms with Gasteiger partial charge in [-0.3, -0.25) is 0 Å². The zero-order valence-electron chi connectivity index (χ0n) is 6.58. The van der Waals surface area contributed by atoms with Gasteiger partial charge in [0.25, 0.3) is 0 Å². The van der Waals surface area contributed by atoms with Crippen LogP contribution in [0.15, 0.2) is 23.1 Å². The first-order valence-corrected chi connectivity index (χ1v) is 5.93. The van der Waals surface area contributed by atoms with Gasteiger partial charge in [0, 0.05) is 10.5 Å². The van der Waals surface area contributed by atoms with Gasteiger partial charge in [0.15, 0.2) is 0 Å². The van der Waals surface area contributed by atoms with Crippen molar-refractivity contribution in [2.75, 3.05) is 6.26 Å². The van der Waals surface area contributed by atoms with E-state index in [1.165, 1.54) is 6.07 Å². The van der Waals surface area contributed by atoms with Crippen LogP contribution in [0.1, 0.15) is 5.56 Å². The van der Waals surface area contributed by atoms with Crippen LogP contribution in [0.2, 0.25) is 0 Å². The average molecular weight is 204 g/mol. The van der Waals surface area contributed by atoms with E-state index in [1.54, 1.807) is 33.7 Å². The smallest absolute Gasteiger partial charge is 0.128 e. The number of aliphatic hydroxyl groups excluding tert-OH is 1. The number of benzene rings is 1. The van der Waals surface area contributed by atoms with E-state index in [0.717, 1.165) is 4.90 Å². The molecule has 1 nitrogen and oxygen atoms in total. The minimum atomic E-state index is -0.344. The third kappa shape index (κ3) is 2.40. The molecule has 66 valence electrons. The quantitative estimate of drug-likeness (QED) is 0.764. The minimum absolute atomic E-state index is 0.241. The summed E-state index contributed by atoms with van der Waals surface area (Å²) in [6.45, 7) is -0.241. The van der Waals surface area contributed by atoms with Crippen molar-refractivity contribution in [1.82, 2.24) is 0 Å². The van der Waals surface area contributed by atoms with Crippen LogP contribution >= 0.6 is 21.6 Å². The lowest BCUT2D eigenvalue weighted by Crippen LogP contribution is -1.88. The summed E-state index contributed by atoms with van der Waals surface area (Å²) in [5, 5.41) is 8.76. The highest BCUT2D eigenvalue weighted by molar-refractivity contribution is 8.76. The molecular weight excluding hydrogens is 195 g/mol. The Bertz CT molecular complexity index is 265. The Kier molecular flexibility index (Phi) is 3.91. The van der Waals surface area contributed by atoms with Gasteiger partial charge in [-0.2, -0.15) is 0 Å². The lowest BCUT2D eigenvalue weighted by molar-refractivity contribution is 0.275. The predicted octanol–water partition coefficient (Wildman–Crippen LogP) is 2.69. The topological polar surface area (TPSA) is 20.2 Å². The molecule has 0 radical (unpaired) electrons. The van der Waals surface area contributed by atoms with Crippen molar-refractivity contribution in [1.29, 1.82) is 0 Å². The SMILES string of the molecule is CSSc1ccc(F)c(CO)c1. The highest BCUT2D eigenvalue weighted by atomic mass is 33.1. The van der Waals surface area contributed by atoms with Gasteiger partial charge in [-0.1, -0.05) is 21.6 Å². The Balaban J connectivity index is 2.89. The van der Waals surface area contributed by atoms with E-state index in [4.69, 9.17) is 5.11 Å². The Labute approximate surface area is 78.8 Å². The van der Waals surface area contributed by atoms with E-state index < -0.39 is 0 Å². The second-order valence-electron chi connectivity index (χ2n) is 2.16. The van der Waals surface area contributed by atoms with E-state index in [9.17, 15) is 4.39 Å². The lowest BCUT2D eigenvalue weighted by atomic mass is 10.2. The van der Waals surface area contributed by atoms with E-state index in [0.29, 0.717) is 5.56 Å². The van der Waals surface area contributed by atoms with Crippen LogP contribution in [-0.4, -0.2) is 11.4 Å². The van der Waals surface area contributed by atoms with E-state index in [1.807, 2.05) is 6.26 Å². The average Bonchev–Trinajstić information content (AvgIpc) is 2.09. The van der Waals surface area contributed by atoms with Crippen LogP contribution in [0, 0.1) is 5.82 Å². The summed E-state index contributed by atoms with van der Waals surface area (Å²) < 4.78 is 12.8. The molecule has 0 saturated heterocycles. The third-order valence-corrected chi connectivity index (χ3v) is 3.06. The van der Waals surface area contributed by atoms with Gasteiger partial charge in [0.1, 0.15) is 5.82 Å². The van der Waals surface area contributed by atoms with Gasteiger partial charge < -0.3 is 5.11 Å². The maximum absolute atomic E-state index is 12.8. The molecule has 0 amide bonds. The first-order chi connectivity index (χ1) is 5.77. The lowest BCUT2D eigenvalue weighted by Gasteiger charge is -2.01. The van der Waals surface area contributed by atoms with Gasteiger partial charge in [0.2, 0.25) is 0 Å². The van der Waals surface area contributed by atoms with Crippen molar-refractivity contribution < 1.29 is 9.50 Å². The molecule has 0 aliphatic carbocycles. The van der Waals surface area contributed by atoms with Gasteiger partial charge >= 0.3 is 0 Å². The summed E-state index contributed by atoms with van der Waals surface area (Å²) in [6.07, 6.45) is 1.95. The fourth-order valence-corrected chi connectivity index (χ4v) is 2.22. The molecule has 0 atom stereocenters. The first kappa shape index (κ1) is 9.89. The monoisotopic (exact) mass is 204 g/mol. The molecule has 1 aromatic rings. The molecule has 1 rings (SSSR count). The van der Waals surface area contributed by atoms with E-state index >= 15 is 0 Å². The Morgan fingerprint density at radius 3 is 2.83 bits per heavy atom. The van der Waals surface area contributed by atoms with E-state index in [2.05, 4.69) is 0 Å². The fourth-order valence-electron chi connectivity index (χ4n) is 0.820. The highest BCUT2D eigenvalue weighted by Gasteiger charge is 2.01. The zero-order valence-corrected chi connectivity index (χ0v) is 8.21. The molecule has 1 N–H and O–H groups in total. The summed E-state index contributed by atoms with van der Waals surface area (Å²) in [5.41, 5.74) is 0.356. The first-order valence-electron chi connectivity index (χ1n) is 3.38. The Hall–Kier alpha value is -0.190. The second-order valence-corrected chi connectivity index (χ2v) is 4.63. The zero-order chi connectivity index (χ0) is 8.97. The molecule has 0 aliphatic rings. The fraction of sp³-hybridized carbons (Fsp3) is 0.250. The van der Waals surface area contributed by atoms with Crippen LogP contribution < -0.4 is 0 Å². The van der Waals surface area contributed by atoms with Crippen LogP contribution in [0.5, 0.6) is 0 Å².